The summed E-state index contributed by atoms with van der Waals surface area (Å²) in [5.74, 6) is -0.0554. The quantitative estimate of drug-likeness (QED) is 0.667. The van der Waals surface area contributed by atoms with Crippen molar-refractivity contribution in [2.75, 3.05) is 5.32 Å². The van der Waals surface area contributed by atoms with Crippen molar-refractivity contribution in [1.29, 1.82) is 0 Å². The second-order valence-corrected chi connectivity index (χ2v) is 6.14. The molecule has 2 rings (SSSR count). The van der Waals surface area contributed by atoms with Gasteiger partial charge >= 0.3 is 6.61 Å². The number of nitrogens with one attached hydrogen (secondary N) is 1. The van der Waals surface area contributed by atoms with Crippen LogP contribution in [0.4, 0.5) is 14.5 Å². The average molecular weight is 442 g/mol. The molecule has 0 spiro atoms. The monoisotopic (exact) mass is 440 g/mol. The molecule has 3 nitrogen and oxygen atoms in total. The summed E-state index contributed by atoms with van der Waals surface area (Å²) in [6.45, 7) is -2.44. The van der Waals surface area contributed by atoms with Crippen LogP contribution in [0.1, 0.15) is 5.69 Å². The molecule has 1 aromatic carbocycles. The van der Waals surface area contributed by atoms with Crippen molar-refractivity contribution in [2.45, 2.75) is 13.2 Å². The Morgan fingerprint density at radius 2 is 2.05 bits per heavy atom. The fourth-order valence-corrected chi connectivity index (χ4v) is 2.91. The summed E-state index contributed by atoms with van der Waals surface area (Å²) in [7, 11) is 0. The van der Waals surface area contributed by atoms with Crippen LogP contribution in [0.5, 0.6) is 5.75 Å². The predicted octanol–water partition coefficient (Wildman–Crippen LogP) is 5.47. The minimum atomic E-state index is -2.90. The predicted molar refractivity (Wildman–Crippen MR) is 85.0 cm³/mol. The molecule has 0 saturated carbocycles. The molecule has 0 aliphatic rings. The second-order valence-electron chi connectivity index (χ2n) is 3.96. The van der Waals surface area contributed by atoms with Gasteiger partial charge in [-0.25, -0.2) is 0 Å². The van der Waals surface area contributed by atoms with E-state index in [1.807, 2.05) is 6.07 Å². The number of aromatic nitrogens is 1. The topological polar surface area (TPSA) is 34.1 Å². The van der Waals surface area contributed by atoms with Crippen LogP contribution in [0.3, 0.4) is 0 Å². The highest BCUT2D eigenvalue weighted by Crippen LogP contribution is 2.29. The minimum Gasteiger partial charge on any atom is -0.433 e. The third kappa shape index (κ3) is 4.79. The Hall–Kier alpha value is -0.920. The standard InChI is InChI=1S/C13H9Br2ClF2N2O/c14-7-3-9(15)11(20-5-7)6-19-8-1-2-12(10(16)4-8)21-13(17)18/h1-5,13,19H,6H2. The zero-order valence-electron chi connectivity index (χ0n) is 10.4. The van der Waals surface area contributed by atoms with E-state index in [0.29, 0.717) is 12.2 Å². The summed E-state index contributed by atoms with van der Waals surface area (Å²) in [5.41, 5.74) is 1.49. The van der Waals surface area contributed by atoms with E-state index in [-0.39, 0.29) is 10.8 Å². The number of benzene rings is 1. The maximum Gasteiger partial charge on any atom is 0.387 e. The van der Waals surface area contributed by atoms with Crippen molar-refractivity contribution in [3.63, 3.8) is 0 Å². The molecular weight excluding hydrogens is 433 g/mol. The van der Waals surface area contributed by atoms with Gasteiger partial charge in [0.2, 0.25) is 0 Å². The number of halogens is 5. The number of rotatable bonds is 5. The first-order chi connectivity index (χ1) is 9.95. The molecule has 0 aliphatic heterocycles. The molecule has 0 radical (unpaired) electrons. The Kier molecular flexibility index (Phi) is 5.78. The molecule has 0 fully saturated rings. The van der Waals surface area contributed by atoms with E-state index < -0.39 is 6.61 Å². The number of ether oxygens (including phenoxy) is 1. The van der Waals surface area contributed by atoms with Gasteiger partial charge in [0, 0.05) is 20.8 Å². The molecule has 0 aliphatic carbocycles. The second kappa shape index (κ2) is 7.38. The summed E-state index contributed by atoms with van der Waals surface area (Å²) in [6, 6.07) is 6.40. The SMILES string of the molecule is FC(F)Oc1ccc(NCc2ncc(Br)cc2Br)cc1Cl. The van der Waals surface area contributed by atoms with Crippen LogP contribution < -0.4 is 10.1 Å². The number of hydrogen-bond donors (Lipinski definition) is 1. The van der Waals surface area contributed by atoms with E-state index in [9.17, 15) is 8.78 Å². The van der Waals surface area contributed by atoms with Gasteiger partial charge in [0.15, 0.2) is 0 Å². The Morgan fingerprint density at radius 1 is 1.29 bits per heavy atom. The third-order valence-electron chi connectivity index (χ3n) is 2.49. The maximum atomic E-state index is 12.1. The summed E-state index contributed by atoms with van der Waals surface area (Å²) >= 11 is 12.6. The molecule has 1 N–H and O–H groups in total. The summed E-state index contributed by atoms with van der Waals surface area (Å²) < 4.78 is 30.3. The number of pyridine rings is 1. The largest absolute Gasteiger partial charge is 0.433 e. The first kappa shape index (κ1) is 16.5. The van der Waals surface area contributed by atoms with Crippen LogP contribution in [-0.2, 0) is 6.54 Å². The lowest BCUT2D eigenvalue weighted by atomic mass is 10.3. The highest BCUT2D eigenvalue weighted by atomic mass is 79.9. The van der Waals surface area contributed by atoms with Crippen molar-refractivity contribution in [2.24, 2.45) is 0 Å². The van der Waals surface area contributed by atoms with Crippen LogP contribution in [0.25, 0.3) is 0 Å². The van der Waals surface area contributed by atoms with Gasteiger partial charge in [-0.15, -0.1) is 0 Å². The smallest absolute Gasteiger partial charge is 0.387 e. The highest BCUT2D eigenvalue weighted by molar-refractivity contribution is 9.11. The van der Waals surface area contributed by atoms with E-state index in [1.165, 1.54) is 12.1 Å². The average Bonchev–Trinajstić information content (AvgIpc) is 2.40. The molecule has 1 heterocycles. The van der Waals surface area contributed by atoms with Crippen molar-refractivity contribution < 1.29 is 13.5 Å². The van der Waals surface area contributed by atoms with Gasteiger partial charge in [-0.05, 0) is 56.1 Å². The number of alkyl halides is 2. The van der Waals surface area contributed by atoms with E-state index in [0.717, 1.165) is 14.6 Å². The lowest BCUT2D eigenvalue weighted by Crippen LogP contribution is -2.04. The van der Waals surface area contributed by atoms with Gasteiger partial charge in [0.25, 0.3) is 0 Å². The minimum absolute atomic E-state index is 0.0554. The van der Waals surface area contributed by atoms with Crippen LogP contribution in [0.15, 0.2) is 39.4 Å². The maximum absolute atomic E-state index is 12.1. The highest BCUT2D eigenvalue weighted by Gasteiger charge is 2.09. The lowest BCUT2D eigenvalue weighted by molar-refractivity contribution is -0.0497. The molecule has 0 atom stereocenters. The van der Waals surface area contributed by atoms with Gasteiger partial charge in [-0.3, -0.25) is 4.98 Å². The fraction of sp³-hybridized carbons (Fsp3) is 0.154. The van der Waals surface area contributed by atoms with Crippen LogP contribution in [0, 0.1) is 0 Å². The van der Waals surface area contributed by atoms with E-state index in [1.54, 1.807) is 12.3 Å². The third-order valence-corrected chi connectivity index (χ3v) is 3.91. The first-order valence-electron chi connectivity index (χ1n) is 5.74. The molecule has 21 heavy (non-hydrogen) atoms. The molecule has 2 aromatic rings. The van der Waals surface area contributed by atoms with Crippen LogP contribution in [0.2, 0.25) is 5.02 Å². The Bertz CT molecular complexity index is 644. The van der Waals surface area contributed by atoms with Gasteiger partial charge < -0.3 is 10.1 Å². The number of hydrogen-bond acceptors (Lipinski definition) is 3. The molecule has 1 aromatic heterocycles. The van der Waals surface area contributed by atoms with Gasteiger partial charge in [-0.2, -0.15) is 8.78 Å². The fourth-order valence-electron chi connectivity index (χ4n) is 1.56. The molecule has 112 valence electrons. The van der Waals surface area contributed by atoms with E-state index >= 15 is 0 Å². The summed E-state index contributed by atoms with van der Waals surface area (Å²) in [5, 5.41) is 3.22. The molecule has 0 saturated heterocycles. The Morgan fingerprint density at radius 3 is 2.67 bits per heavy atom. The van der Waals surface area contributed by atoms with Crippen molar-refractivity contribution >= 4 is 49.1 Å². The lowest BCUT2D eigenvalue weighted by Gasteiger charge is -2.11. The summed E-state index contributed by atoms with van der Waals surface area (Å²) in [6.07, 6.45) is 1.69. The molecular formula is C13H9Br2ClF2N2O. The van der Waals surface area contributed by atoms with Crippen molar-refractivity contribution in [1.82, 2.24) is 4.98 Å². The molecule has 8 heteroatoms. The van der Waals surface area contributed by atoms with Gasteiger partial charge in [-0.1, -0.05) is 11.6 Å². The van der Waals surface area contributed by atoms with Crippen LogP contribution >= 0.6 is 43.5 Å². The first-order valence-corrected chi connectivity index (χ1v) is 7.70. The number of anilines is 1. The number of nitrogens with zero attached hydrogens (tertiary/aromatic N) is 1. The molecule has 0 amide bonds. The Labute approximate surface area is 141 Å². The van der Waals surface area contributed by atoms with Crippen molar-refractivity contribution in [3.8, 4) is 5.75 Å². The van der Waals surface area contributed by atoms with E-state index in [2.05, 4.69) is 46.9 Å². The molecule has 0 bridgehead atoms. The zero-order chi connectivity index (χ0) is 15.4. The van der Waals surface area contributed by atoms with Crippen LogP contribution in [-0.4, -0.2) is 11.6 Å². The van der Waals surface area contributed by atoms with Gasteiger partial charge in [0.1, 0.15) is 5.75 Å². The summed E-state index contributed by atoms with van der Waals surface area (Å²) in [4.78, 5) is 4.26. The van der Waals surface area contributed by atoms with E-state index in [4.69, 9.17) is 11.6 Å². The normalized spacial score (nSPS) is 10.8. The zero-order valence-corrected chi connectivity index (χ0v) is 14.3. The molecule has 0 unspecified atom stereocenters. The van der Waals surface area contributed by atoms with Crippen molar-refractivity contribution in [3.05, 3.63) is 50.1 Å². The Balaban J connectivity index is 2.05. The van der Waals surface area contributed by atoms with Gasteiger partial charge in [0.05, 0.1) is 17.3 Å².